The van der Waals surface area contributed by atoms with Gasteiger partial charge in [-0.3, -0.25) is 14.9 Å². The van der Waals surface area contributed by atoms with Crippen LogP contribution in [0.25, 0.3) is 10.2 Å². The van der Waals surface area contributed by atoms with Crippen LogP contribution in [0.2, 0.25) is 0 Å². The number of hydrogen-bond donors (Lipinski definition) is 0. The fourth-order valence-corrected chi connectivity index (χ4v) is 3.08. The molecule has 0 unspecified atom stereocenters. The molecule has 0 fully saturated rings. The predicted molar refractivity (Wildman–Crippen MR) is 83.8 cm³/mol. The van der Waals surface area contributed by atoms with Crippen LogP contribution in [0.1, 0.15) is 10.4 Å². The molecule has 0 atom stereocenters. The monoisotopic (exact) mass is 313 g/mol. The molecule has 0 saturated heterocycles. The Balaban J connectivity index is 2.01. The van der Waals surface area contributed by atoms with Crippen molar-refractivity contribution in [2.75, 3.05) is 0 Å². The first-order valence-electron chi connectivity index (χ1n) is 6.44. The normalized spacial score (nSPS) is 11.8. The second kappa shape index (κ2) is 5.53. The Bertz CT molecular complexity index is 939. The van der Waals surface area contributed by atoms with Gasteiger partial charge in [0.05, 0.1) is 15.1 Å². The van der Waals surface area contributed by atoms with E-state index in [1.165, 1.54) is 35.6 Å². The zero-order valence-electron chi connectivity index (χ0n) is 11.6. The number of non-ortho nitro benzene ring substituents is 1. The summed E-state index contributed by atoms with van der Waals surface area (Å²) >= 11 is 1.42. The second-order valence-corrected chi connectivity index (χ2v) is 5.64. The maximum atomic E-state index is 12.2. The zero-order valence-corrected chi connectivity index (χ0v) is 12.4. The van der Waals surface area contributed by atoms with Crippen LogP contribution >= 0.6 is 11.3 Å². The number of nitro benzene ring substituents is 1. The summed E-state index contributed by atoms with van der Waals surface area (Å²) < 4.78 is 2.89. The molecule has 3 aromatic rings. The van der Waals surface area contributed by atoms with Gasteiger partial charge < -0.3 is 4.57 Å². The Labute approximate surface area is 129 Å². The van der Waals surface area contributed by atoms with Crippen LogP contribution < -0.4 is 4.80 Å². The van der Waals surface area contributed by atoms with Crippen LogP contribution in [0, 0.1) is 10.1 Å². The number of carbonyl (C=O) groups is 1. The van der Waals surface area contributed by atoms with Crippen molar-refractivity contribution < 1.29 is 9.72 Å². The molecule has 0 saturated carbocycles. The van der Waals surface area contributed by atoms with Crippen molar-refractivity contribution >= 4 is 33.1 Å². The summed E-state index contributed by atoms with van der Waals surface area (Å²) in [6.07, 6.45) is 0. The highest BCUT2D eigenvalue weighted by Gasteiger charge is 2.09. The van der Waals surface area contributed by atoms with E-state index < -0.39 is 10.8 Å². The number of fused-ring (bicyclic) bond motifs is 1. The standard InChI is InChI=1S/C15H11N3O3S/c1-17-12-4-2-3-5-13(12)22-15(17)16-14(19)10-6-8-11(9-7-10)18(20)21/h2-9H,1H3. The highest BCUT2D eigenvalue weighted by atomic mass is 32.1. The third kappa shape index (κ3) is 2.53. The van der Waals surface area contributed by atoms with Gasteiger partial charge in [0, 0.05) is 24.7 Å². The van der Waals surface area contributed by atoms with Gasteiger partial charge in [0.15, 0.2) is 4.80 Å². The number of nitro groups is 1. The Morgan fingerprint density at radius 2 is 1.86 bits per heavy atom. The van der Waals surface area contributed by atoms with Gasteiger partial charge in [0.1, 0.15) is 0 Å². The zero-order chi connectivity index (χ0) is 15.7. The predicted octanol–water partition coefficient (Wildman–Crippen LogP) is 2.89. The average molecular weight is 313 g/mol. The van der Waals surface area contributed by atoms with Crippen LogP contribution in [-0.4, -0.2) is 15.4 Å². The topological polar surface area (TPSA) is 77.5 Å². The van der Waals surface area contributed by atoms with Gasteiger partial charge in [-0.15, -0.1) is 0 Å². The number of aromatic nitrogens is 1. The molecule has 3 rings (SSSR count). The number of thiazole rings is 1. The molecule has 22 heavy (non-hydrogen) atoms. The van der Waals surface area contributed by atoms with Gasteiger partial charge in [-0.2, -0.15) is 4.99 Å². The molecule has 1 heterocycles. The molecule has 2 aromatic carbocycles. The largest absolute Gasteiger partial charge is 0.319 e. The van der Waals surface area contributed by atoms with Gasteiger partial charge in [-0.05, 0) is 24.3 Å². The van der Waals surface area contributed by atoms with Gasteiger partial charge in [-0.25, -0.2) is 0 Å². The van der Waals surface area contributed by atoms with Crippen LogP contribution in [-0.2, 0) is 7.05 Å². The maximum absolute atomic E-state index is 12.2. The minimum atomic E-state index is -0.503. The first-order chi connectivity index (χ1) is 10.6. The minimum Gasteiger partial charge on any atom is -0.319 e. The molecule has 7 heteroatoms. The molecule has 0 radical (unpaired) electrons. The van der Waals surface area contributed by atoms with E-state index in [1.54, 1.807) is 0 Å². The van der Waals surface area contributed by atoms with Crippen LogP contribution in [0.4, 0.5) is 5.69 Å². The van der Waals surface area contributed by atoms with Crippen LogP contribution in [0.5, 0.6) is 0 Å². The minimum absolute atomic E-state index is 0.0519. The maximum Gasteiger partial charge on any atom is 0.279 e. The van der Waals surface area contributed by atoms with Crippen molar-refractivity contribution in [3.8, 4) is 0 Å². The van der Waals surface area contributed by atoms with Gasteiger partial charge in [0.25, 0.3) is 11.6 Å². The summed E-state index contributed by atoms with van der Waals surface area (Å²) in [5.74, 6) is -0.419. The molecule has 110 valence electrons. The quantitative estimate of drug-likeness (QED) is 0.539. The third-order valence-corrected chi connectivity index (χ3v) is 4.35. The van der Waals surface area contributed by atoms with E-state index in [0.29, 0.717) is 10.4 Å². The molecular weight excluding hydrogens is 302 g/mol. The van der Waals surface area contributed by atoms with Crippen molar-refractivity contribution in [3.05, 3.63) is 69.0 Å². The first-order valence-corrected chi connectivity index (χ1v) is 7.26. The van der Waals surface area contributed by atoms with Gasteiger partial charge in [-0.1, -0.05) is 23.5 Å². The summed E-state index contributed by atoms with van der Waals surface area (Å²) in [5.41, 5.74) is 1.27. The lowest BCUT2D eigenvalue weighted by atomic mass is 10.2. The molecule has 0 aliphatic rings. The van der Waals surface area contributed by atoms with E-state index in [2.05, 4.69) is 4.99 Å². The van der Waals surface area contributed by atoms with Gasteiger partial charge in [0.2, 0.25) is 0 Å². The molecular formula is C15H11N3O3S. The summed E-state index contributed by atoms with van der Waals surface area (Å²) in [6.45, 7) is 0. The van der Waals surface area contributed by atoms with E-state index in [0.717, 1.165) is 10.2 Å². The number of benzene rings is 2. The number of amides is 1. The highest BCUT2D eigenvalue weighted by molar-refractivity contribution is 7.16. The summed E-state index contributed by atoms with van der Waals surface area (Å²) in [6, 6.07) is 13.2. The number of aryl methyl sites for hydroxylation is 1. The van der Waals surface area contributed by atoms with Crippen molar-refractivity contribution in [2.24, 2.45) is 12.0 Å². The van der Waals surface area contributed by atoms with Crippen molar-refractivity contribution in [1.82, 2.24) is 4.57 Å². The number of hydrogen-bond acceptors (Lipinski definition) is 4. The van der Waals surface area contributed by atoms with Crippen LogP contribution in [0.15, 0.2) is 53.5 Å². The Hall–Kier alpha value is -2.80. The van der Waals surface area contributed by atoms with Crippen molar-refractivity contribution in [3.63, 3.8) is 0 Å². The summed E-state index contributed by atoms with van der Waals surface area (Å²) in [7, 11) is 1.85. The van der Waals surface area contributed by atoms with Crippen molar-refractivity contribution in [1.29, 1.82) is 0 Å². The average Bonchev–Trinajstić information content (AvgIpc) is 2.84. The molecule has 0 bridgehead atoms. The molecule has 0 N–H and O–H groups in total. The smallest absolute Gasteiger partial charge is 0.279 e. The highest BCUT2D eigenvalue weighted by Crippen LogP contribution is 2.16. The number of rotatable bonds is 2. The SMILES string of the molecule is Cn1c(=NC(=O)c2ccc([N+](=O)[O-])cc2)sc2ccccc21. The molecule has 6 nitrogen and oxygen atoms in total. The lowest BCUT2D eigenvalue weighted by Gasteiger charge is -1.96. The van der Waals surface area contributed by atoms with E-state index in [-0.39, 0.29) is 5.69 Å². The van der Waals surface area contributed by atoms with E-state index in [4.69, 9.17) is 0 Å². The number of para-hydroxylation sites is 1. The molecule has 0 aliphatic carbocycles. The van der Waals surface area contributed by atoms with E-state index in [1.807, 2.05) is 35.9 Å². The first kappa shape index (κ1) is 14.2. The summed E-state index contributed by atoms with van der Waals surface area (Å²) in [4.78, 5) is 27.0. The molecule has 1 aromatic heterocycles. The number of carbonyl (C=O) groups excluding carboxylic acids is 1. The fourth-order valence-electron chi connectivity index (χ4n) is 2.07. The summed E-state index contributed by atoms with van der Waals surface area (Å²) in [5, 5.41) is 10.6. The Morgan fingerprint density at radius 3 is 2.50 bits per heavy atom. The molecule has 0 aliphatic heterocycles. The lowest BCUT2D eigenvalue weighted by Crippen LogP contribution is -2.13. The Kier molecular flexibility index (Phi) is 3.56. The van der Waals surface area contributed by atoms with E-state index >= 15 is 0 Å². The van der Waals surface area contributed by atoms with Crippen LogP contribution in [0.3, 0.4) is 0 Å². The molecule has 0 spiro atoms. The third-order valence-electron chi connectivity index (χ3n) is 3.24. The fraction of sp³-hybridized carbons (Fsp3) is 0.0667. The van der Waals surface area contributed by atoms with Crippen molar-refractivity contribution in [2.45, 2.75) is 0 Å². The number of nitrogens with zero attached hydrogens (tertiary/aromatic N) is 3. The molecule has 1 amide bonds. The van der Waals surface area contributed by atoms with E-state index in [9.17, 15) is 14.9 Å². The Morgan fingerprint density at radius 1 is 1.18 bits per heavy atom. The lowest BCUT2D eigenvalue weighted by molar-refractivity contribution is -0.384. The second-order valence-electron chi connectivity index (χ2n) is 4.63. The van der Waals surface area contributed by atoms with Gasteiger partial charge >= 0.3 is 0 Å².